The topological polar surface area (TPSA) is 55.1 Å². The molecule has 3 heteroatoms. The lowest BCUT2D eigenvalue weighted by Gasteiger charge is -2.15. The molecular weight excluding hydrogens is 224 g/mol. The van der Waals surface area contributed by atoms with E-state index >= 15 is 0 Å². The van der Waals surface area contributed by atoms with E-state index in [-0.39, 0.29) is 11.9 Å². The quantitative estimate of drug-likeness (QED) is 0.868. The Morgan fingerprint density at radius 3 is 2.44 bits per heavy atom. The van der Waals surface area contributed by atoms with E-state index in [4.69, 9.17) is 5.73 Å². The van der Waals surface area contributed by atoms with Crippen LogP contribution in [0.1, 0.15) is 25.5 Å². The third kappa shape index (κ3) is 2.68. The molecule has 0 aliphatic rings. The summed E-state index contributed by atoms with van der Waals surface area (Å²) in [5.41, 5.74) is 6.81. The van der Waals surface area contributed by atoms with Crippen LogP contribution in [0.15, 0.2) is 42.5 Å². The van der Waals surface area contributed by atoms with Crippen LogP contribution < -0.4 is 11.1 Å². The molecule has 3 N–H and O–H groups in total. The van der Waals surface area contributed by atoms with Gasteiger partial charge < -0.3 is 11.1 Å². The molecule has 0 heterocycles. The van der Waals surface area contributed by atoms with Crippen LogP contribution in [0, 0.1) is 0 Å². The monoisotopic (exact) mass is 242 g/mol. The first kappa shape index (κ1) is 12.6. The lowest BCUT2D eigenvalue weighted by Crippen LogP contribution is -2.38. The summed E-state index contributed by atoms with van der Waals surface area (Å²) in [4.78, 5) is 11.9. The van der Waals surface area contributed by atoms with E-state index in [9.17, 15) is 4.79 Å². The average molecular weight is 242 g/mol. The average Bonchev–Trinajstić information content (AvgIpc) is 2.36. The van der Waals surface area contributed by atoms with Crippen molar-refractivity contribution in [3.63, 3.8) is 0 Å². The summed E-state index contributed by atoms with van der Waals surface area (Å²) in [5.74, 6) is -0.139. The third-order valence-electron chi connectivity index (χ3n) is 2.85. The summed E-state index contributed by atoms with van der Waals surface area (Å²) in [6.45, 7) is 3.84. The number of amides is 1. The van der Waals surface area contributed by atoms with Crippen LogP contribution in [0.3, 0.4) is 0 Å². The second kappa shape index (κ2) is 5.19. The van der Waals surface area contributed by atoms with Crippen LogP contribution in [0.5, 0.6) is 0 Å². The smallest absolute Gasteiger partial charge is 0.241 e. The summed E-state index contributed by atoms with van der Waals surface area (Å²) in [5, 5.41) is 5.08. The largest absolute Gasteiger partial charge is 0.352 e. The van der Waals surface area contributed by atoms with Crippen molar-refractivity contribution in [1.29, 1.82) is 0 Å². The number of nitrogens with one attached hydrogen (secondary N) is 1. The molecule has 0 aromatic heterocycles. The normalized spacial score (nSPS) is 12.7. The van der Waals surface area contributed by atoms with Crippen LogP contribution in [0.4, 0.5) is 0 Å². The maximum absolute atomic E-state index is 11.9. The number of hydrogen-bond acceptors (Lipinski definition) is 2. The molecule has 1 amide bonds. The van der Waals surface area contributed by atoms with E-state index in [1.165, 1.54) is 0 Å². The van der Waals surface area contributed by atoms with Gasteiger partial charge in [0.2, 0.25) is 5.91 Å². The van der Waals surface area contributed by atoms with E-state index in [2.05, 4.69) is 5.32 Å². The zero-order chi connectivity index (χ0) is 13.1. The van der Waals surface area contributed by atoms with Crippen molar-refractivity contribution in [2.24, 2.45) is 5.73 Å². The van der Waals surface area contributed by atoms with Crippen molar-refractivity contribution in [3.8, 4) is 0 Å². The minimum absolute atomic E-state index is 0.101. The number of carbonyl (C=O) groups is 1. The molecule has 0 saturated carbocycles. The van der Waals surface area contributed by atoms with Gasteiger partial charge in [-0.1, -0.05) is 36.4 Å². The van der Waals surface area contributed by atoms with Gasteiger partial charge in [0.15, 0.2) is 0 Å². The van der Waals surface area contributed by atoms with Gasteiger partial charge in [-0.15, -0.1) is 0 Å². The summed E-state index contributed by atoms with van der Waals surface area (Å²) in [7, 11) is 0. The fourth-order valence-electron chi connectivity index (χ4n) is 1.93. The van der Waals surface area contributed by atoms with Crippen LogP contribution >= 0.6 is 0 Å². The van der Waals surface area contributed by atoms with Crippen LogP contribution in [-0.2, 0) is 4.79 Å². The lowest BCUT2D eigenvalue weighted by molar-refractivity contribution is -0.122. The maximum atomic E-state index is 11.9. The first-order chi connectivity index (χ1) is 8.58. The number of benzene rings is 2. The Kier molecular flexibility index (Phi) is 3.63. The van der Waals surface area contributed by atoms with Gasteiger partial charge in [0.1, 0.15) is 6.04 Å². The Balaban J connectivity index is 2.27. The molecule has 2 rings (SSSR count). The molecule has 0 aliphatic heterocycles. The van der Waals surface area contributed by atoms with E-state index in [1.54, 1.807) is 0 Å². The minimum Gasteiger partial charge on any atom is -0.352 e. The highest BCUT2D eigenvalue weighted by Crippen LogP contribution is 2.19. The number of carbonyl (C=O) groups excluding carboxylic acids is 1. The van der Waals surface area contributed by atoms with Gasteiger partial charge in [0, 0.05) is 6.04 Å². The zero-order valence-corrected chi connectivity index (χ0v) is 10.7. The van der Waals surface area contributed by atoms with Gasteiger partial charge >= 0.3 is 0 Å². The molecule has 94 valence electrons. The predicted octanol–water partition coefficient (Wildman–Crippen LogP) is 2.36. The Morgan fingerprint density at radius 1 is 1.11 bits per heavy atom. The van der Waals surface area contributed by atoms with Gasteiger partial charge in [-0.3, -0.25) is 4.79 Å². The molecule has 1 unspecified atom stereocenters. The fraction of sp³-hybridized carbons (Fsp3) is 0.267. The van der Waals surface area contributed by atoms with Crippen molar-refractivity contribution >= 4 is 16.7 Å². The number of fused-ring (bicyclic) bond motifs is 1. The second-order valence-electron chi connectivity index (χ2n) is 4.75. The number of rotatable bonds is 3. The van der Waals surface area contributed by atoms with Crippen molar-refractivity contribution in [2.75, 3.05) is 0 Å². The standard InChI is InChI=1S/C15H18N2O/c1-10(2)17-15(18)14(16)13-8-7-11-5-3-4-6-12(11)9-13/h3-10,14H,16H2,1-2H3,(H,17,18). The van der Waals surface area contributed by atoms with Crippen molar-refractivity contribution < 1.29 is 4.79 Å². The first-order valence-electron chi connectivity index (χ1n) is 6.12. The van der Waals surface area contributed by atoms with Crippen molar-refractivity contribution in [3.05, 3.63) is 48.0 Å². The molecule has 0 bridgehead atoms. The van der Waals surface area contributed by atoms with Crippen LogP contribution in [0.2, 0.25) is 0 Å². The molecule has 2 aromatic carbocycles. The maximum Gasteiger partial charge on any atom is 0.241 e. The summed E-state index contributed by atoms with van der Waals surface area (Å²) in [6.07, 6.45) is 0. The van der Waals surface area contributed by atoms with Gasteiger partial charge in [0.25, 0.3) is 0 Å². The third-order valence-corrected chi connectivity index (χ3v) is 2.85. The van der Waals surface area contributed by atoms with Crippen molar-refractivity contribution in [2.45, 2.75) is 25.9 Å². The molecule has 3 nitrogen and oxygen atoms in total. The Morgan fingerprint density at radius 2 is 1.78 bits per heavy atom. The fourth-order valence-corrected chi connectivity index (χ4v) is 1.93. The van der Waals surface area contributed by atoms with E-state index in [1.807, 2.05) is 56.3 Å². The van der Waals surface area contributed by atoms with Gasteiger partial charge in [-0.05, 0) is 36.2 Å². The number of hydrogen-bond donors (Lipinski definition) is 2. The summed E-state index contributed by atoms with van der Waals surface area (Å²) < 4.78 is 0. The molecule has 0 fully saturated rings. The Bertz CT molecular complexity index is 563. The predicted molar refractivity (Wildman–Crippen MR) is 74.2 cm³/mol. The molecule has 18 heavy (non-hydrogen) atoms. The summed E-state index contributed by atoms with van der Waals surface area (Å²) >= 11 is 0. The van der Waals surface area contributed by atoms with Gasteiger partial charge in [-0.2, -0.15) is 0 Å². The van der Waals surface area contributed by atoms with E-state index < -0.39 is 6.04 Å². The molecule has 0 radical (unpaired) electrons. The SMILES string of the molecule is CC(C)NC(=O)C(N)c1ccc2ccccc2c1. The Hall–Kier alpha value is -1.87. The zero-order valence-electron chi connectivity index (χ0n) is 10.7. The molecule has 0 saturated heterocycles. The molecule has 0 aliphatic carbocycles. The molecule has 0 spiro atoms. The Labute approximate surface area is 107 Å². The van der Waals surface area contributed by atoms with E-state index in [0.717, 1.165) is 16.3 Å². The van der Waals surface area contributed by atoms with Crippen LogP contribution in [-0.4, -0.2) is 11.9 Å². The van der Waals surface area contributed by atoms with Crippen molar-refractivity contribution in [1.82, 2.24) is 5.32 Å². The van der Waals surface area contributed by atoms with Gasteiger partial charge in [0.05, 0.1) is 0 Å². The first-order valence-corrected chi connectivity index (χ1v) is 6.12. The molecular formula is C15H18N2O. The van der Waals surface area contributed by atoms with E-state index in [0.29, 0.717) is 0 Å². The molecule has 2 aromatic rings. The second-order valence-corrected chi connectivity index (χ2v) is 4.75. The highest BCUT2D eigenvalue weighted by Gasteiger charge is 2.16. The highest BCUT2D eigenvalue weighted by atomic mass is 16.2. The van der Waals surface area contributed by atoms with Gasteiger partial charge in [-0.25, -0.2) is 0 Å². The number of nitrogens with two attached hydrogens (primary N) is 1. The highest BCUT2D eigenvalue weighted by molar-refractivity contribution is 5.87. The molecule has 1 atom stereocenters. The lowest BCUT2D eigenvalue weighted by atomic mass is 10.0. The summed E-state index contributed by atoms with van der Waals surface area (Å²) in [6, 6.07) is 13.4. The van der Waals surface area contributed by atoms with Crippen LogP contribution in [0.25, 0.3) is 10.8 Å². The minimum atomic E-state index is -0.614.